The first kappa shape index (κ1) is 10.0. The van der Waals surface area contributed by atoms with Crippen molar-refractivity contribution < 1.29 is 9.21 Å². The average Bonchev–Trinajstić information content (AvgIpc) is 2.99. The van der Waals surface area contributed by atoms with Crippen molar-refractivity contribution in [2.24, 2.45) is 0 Å². The Morgan fingerprint density at radius 1 is 1.29 bits per heavy atom. The summed E-state index contributed by atoms with van der Waals surface area (Å²) in [5.74, 6) is 0.640. The molecule has 17 heavy (non-hydrogen) atoms. The van der Waals surface area contributed by atoms with E-state index in [-0.39, 0.29) is 11.8 Å². The lowest BCUT2D eigenvalue weighted by Crippen LogP contribution is -2.24. The Bertz CT molecular complexity index is 510. The highest BCUT2D eigenvalue weighted by molar-refractivity contribution is 5.96. The molecule has 1 unspecified atom stereocenters. The Balaban J connectivity index is 1.83. The second-order valence-electron chi connectivity index (χ2n) is 4.02. The maximum Gasteiger partial charge on any atom is 0.227 e. The number of amides is 1. The van der Waals surface area contributed by atoms with Gasteiger partial charge in [0.1, 0.15) is 0 Å². The third kappa shape index (κ3) is 1.80. The zero-order chi connectivity index (χ0) is 11.7. The second-order valence-corrected chi connectivity index (χ2v) is 4.02. The fourth-order valence-corrected chi connectivity index (χ4v) is 2.09. The smallest absolute Gasteiger partial charge is 0.227 e. The summed E-state index contributed by atoms with van der Waals surface area (Å²) in [6.07, 6.45) is 1.72. The van der Waals surface area contributed by atoms with Gasteiger partial charge in [0.25, 0.3) is 0 Å². The molecule has 5 nitrogen and oxygen atoms in total. The molecule has 1 atom stereocenters. The summed E-state index contributed by atoms with van der Waals surface area (Å²) in [6.45, 7) is 0.602. The van der Waals surface area contributed by atoms with Gasteiger partial charge < -0.3 is 9.32 Å². The summed E-state index contributed by atoms with van der Waals surface area (Å²) in [5, 5.41) is 7.51. The molecule has 1 fully saturated rings. The topological polar surface area (TPSA) is 59.2 Å². The fourth-order valence-electron chi connectivity index (χ4n) is 2.09. The monoisotopic (exact) mass is 229 g/mol. The van der Waals surface area contributed by atoms with Gasteiger partial charge in [-0.05, 0) is 12.1 Å². The number of carbonyl (C=O) groups is 1. The molecular weight excluding hydrogens is 218 g/mol. The van der Waals surface area contributed by atoms with Crippen LogP contribution < -0.4 is 4.90 Å². The van der Waals surface area contributed by atoms with E-state index in [4.69, 9.17) is 4.42 Å². The van der Waals surface area contributed by atoms with Gasteiger partial charge in [-0.25, -0.2) is 0 Å². The molecule has 0 aliphatic carbocycles. The number of nitrogens with zero attached hydrogens (tertiary/aromatic N) is 3. The minimum atomic E-state index is 0.00482. The number of rotatable bonds is 2. The normalized spacial score (nSPS) is 19.9. The molecule has 1 aromatic heterocycles. The molecule has 1 amide bonds. The van der Waals surface area contributed by atoms with Crippen molar-refractivity contribution in [1.29, 1.82) is 0 Å². The van der Waals surface area contributed by atoms with Crippen LogP contribution in [0, 0.1) is 0 Å². The van der Waals surface area contributed by atoms with E-state index in [1.54, 1.807) is 4.90 Å². The fraction of sp³-hybridized carbons (Fsp3) is 0.250. The van der Waals surface area contributed by atoms with Crippen molar-refractivity contribution >= 4 is 11.6 Å². The predicted octanol–water partition coefficient (Wildman–Crippen LogP) is 1.59. The largest absolute Gasteiger partial charge is 0.428 e. The summed E-state index contributed by atoms with van der Waals surface area (Å²) in [7, 11) is 0. The summed E-state index contributed by atoms with van der Waals surface area (Å²) in [4.78, 5) is 13.7. The molecule has 1 aliphatic heterocycles. The maximum atomic E-state index is 11.9. The van der Waals surface area contributed by atoms with Crippen LogP contribution in [0.2, 0.25) is 0 Å². The lowest BCUT2D eigenvalue weighted by Gasteiger charge is -2.15. The van der Waals surface area contributed by atoms with E-state index in [0.717, 1.165) is 5.69 Å². The zero-order valence-corrected chi connectivity index (χ0v) is 9.11. The highest BCUT2D eigenvalue weighted by atomic mass is 16.4. The van der Waals surface area contributed by atoms with Crippen LogP contribution in [-0.2, 0) is 4.79 Å². The molecule has 5 heteroatoms. The van der Waals surface area contributed by atoms with Crippen LogP contribution in [0.1, 0.15) is 18.2 Å². The number of hydrogen-bond acceptors (Lipinski definition) is 4. The van der Waals surface area contributed by atoms with Crippen molar-refractivity contribution in [1.82, 2.24) is 10.2 Å². The molecule has 0 spiro atoms. The second kappa shape index (κ2) is 4.01. The van der Waals surface area contributed by atoms with Crippen molar-refractivity contribution in [2.75, 3.05) is 11.4 Å². The summed E-state index contributed by atoms with van der Waals surface area (Å²) < 4.78 is 5.15. The molecule has 1 aliphatic rings. The highest BCUT2D eigenvalue weighted by Crippen LogP contribution is 2.30. The quantitative estimate of drug-likeness (QED) is 0.784. The minimum absolute atomic E-state index is 0.00482. The number of hydrogen-bond donors (Lipinski definition) is 0. The van der Waals surface area contributed by atoms with Crippen LogP contribution >= 0.6 is 0 Å². The Hall–Kier alpha value is -2.17. The van der Waals surface area contributed by atoms with Gasteiger partial charge in [-0.15, -0.1) is 10.2 Å². The first-order valence-corrected chi connectivity index (χ1v) is 5.46. The molecule has 2 aromatic rings. The average molecular weight is 229 g/mol. The number of benzene rings is 1. The molecule has 2 heterocycles. The molecule has 86 valence electrons. The standard InChI is InChI=1S/C12H11N3O2/c16-11-6-9(12-14-13-8-17-12)7-15(11)10-4-2-1-3-5-10/h1-5,8-9H,6-7H2. The van der Waals surface area contributed by atoms with E-state index < -0.39 is 0 Å². The zero-order valence-electron chi connectivity index (χ0n) is 9.11. The molecular formula is C12H11N3O2. The number of aromatic nitrogens is 2. The Labute approximate surface area is 98.1 Å². The highest BCUT2D eigenvalue weighted by Gasteiger charge is 2.34. The van der Waals surface area contributed by atoms with E-state index >= 15 is 0 Å². The van der Waals surface area contributed by atoms with Crippen molar-refractivity contribution in [3.05, 3.63) is 42.6 Å². The van der Waals surface area contributed by atoms with E-state index in [2.05, 4.69) is 10.2 Å². The summed E-state index contributed by atoms with van der Waals surface area (Å²) in [5.41, 5.74) is 0.916. The predicted molar refractivity (Wildman–Crippen MR) is 60.5 cm³/mol. The lowest BCUT2D eigenvalue weighted by molar-refractivity contribution is -0.117. The van der Waals surface area contributed by atoms with Crippen molar-refractivity contribution in [3.8, 4) is 0 Å². The van der Waals surface area contributed by atoms with E-state index in [1.807, 2.05) is 30.3 Å². The lowest BCUT2D eigenvalue weighted by atomic mass is 10.1. The van der Waals surface area contributed by atoms with Crippen LogP contribution in [0.4, 0.5) is 5.69 Å². The van der Waals surface area contributed by atoms with Crippen LogP contribution in [0.5, 0.6) is 0 Å². The van der Waals surface area contributed by atoms with Crippen LogP contribution in [0.15, 0.2) is 41.1 Å². The first-order valence-electron chi connectivity index (χ1n) is 5.46. The molecule has 1 saturated heterocycles. The van der Waals surface area contributed by atoms with Gasteiger partial charge in [-0.1, -0.05) is 18.2 Å². The third-order valence-corrected chi connectivity index (χ3v) is 2.92. The molecule has 0 bridgehead atoms. The molecule has 3 rings (SSSR count). The van der Waals surface area contributed by atoms with E-state index in [9.17, 15) is 4.79 Å². The minimum Gasteiger partial charge on any atom is -0.428 e. The van der Waals surface area contributed by atoms with Gasteiger partial charge in [0.05, 0.1) is 5.92 Å². The van der Waals surface area contributed by atoms with Gasteiger partial charge >= 0.3 is 0 Å². The van der Waals surface area contributed by atoms with Crippen LogP contribution in [0.25, 0.3) is 0 Å². The van der Waals surface area contributed by atoms with Gasteiger partial charge in [0.2, 0.25) is 18.2 Å². The van der Waals surface area contributed by atoms with Crippen molar-refractivity contribution in [2.45, 2.75) is 12.3 Å². The van der Waals surface area contributed by atoms with Gasteiger partial charge in [-0.2, -0.15) is 0 Å². The Morgan fingerprint density at radius 2 is 2.12 bits per heavy atom. The third-order valence-electron chi connectivity index (χ3n) is 2.92. The van der Waals surface area contributed by atoms with Gasteiger partial charge in [-0.3, -0.25) is 4.79 Å². The van der Waals surface area contributed by atoms with E-state index in [0.29, 0.717) is 18.9 Å². The Kier molecular flexibility index (Phi) is 2.36. The summed E-state index contributed by atoms with van der Waals surface area (Å²) in [6, 6.07) is 9.62. The number of carbonyl (C=O) groups excluding carboxylic acids is 1. The number of para-hydroxylation sites is 1. The van der Waals surface area contributed by atoms with Gasteiger partial charge in [0.15, 0.2) is 0 Å². The molecule has 1 aromatic carbocycles. The van der Waals surface area contributed by atoms with Crippen molar-refractivity contribution in [3.63, 3.8) is 0 Å². The SMILES string of the molecule is O=C1CC(c2nnco2)CN1c1ccccc1. The Morgan fingerprint density at radius 3 is 2.82 bits per heavy atom. The van der Waals surface area contributed by atoms with E-state index in [1.165, 1.54) is 6.39 Å². The molecule has 0 N–H and O–H groups in total. The first-order chi connectivity index (χ1) is 8.34. The molecule has 0 saturated carbocycles. The van der Waals surface area contributed by atoms with Gasteiger partial charge in [0, 0.05) is 18.7 Å². The maximum absolute atomic E-state index is 11.9. The summed E-state index contributed by atoms with van der Waals surface area (Å²) >= 11 is 0. The van der Waals surface area contributed by atoms with Crippen LogP contribution in [0.3, 0.4) is 0 Å². The number of anilines is 1. The molecule has 0 radical (unpaired) electrons. The van der Waals surface area contributed by atoms with Crippen LogP contribution in [-0.4, -0.2) is 22.6 Å².